The minimum absolute atomic E-state index is 0.536. The van der Waals surface area contributed by atoms with Crippen LogP contribution in [0, 0.1) is 0 Å². The van der Waals surface area contributed by atoms with E-state index in [0.717, 1.165) is 13.1 Å². The van der Waals surface area contributed by atoms with Crippen molar-refractivity contribution in [3.63, 3.8) is 0 Å². The van der Waals surface area contributed by atoms with Crippen molar-refractivity contribution in [1.29, 1.82) is 0 Å². The fraction of sp³-hybridized carbons (Fsp3) is 0.824. The predicted molar refractivity (Wildman–Crippen MR) is 86.0 cm³/mol. The van der Waals surface area contributed by atoms with E-state index in [2.05, 4.69) is 28.8 Å². The highest BCUT2D eigenvalue weighted by atomic mass is 15.3. The average Bonchev–Trinajstić information content (AvgIpc) is 2.99. The highest BCUT2D eigenvalue weighted by Crippen LogP contribution is 2.28. The lowest BCUT2D eigenvalue weighted by atomic mass is 9.96. The number of hydrogen-bond donors (Lipinski definition) is 1. The maximum Gasteiger partial charge on any atom is 0.0765 e. The van der Waals surface area contributed by atoms with Gasteiger partial charge in [0, 0.05) is 31.4 Å². The van der Waals surface area contributed by atoms with Gasteiger partial charge in [-0.05, 0) is 38.7 Å². The highest BCUT2D eigenvalue weighted by molar-refractivity contribution is 5.02. The Morgan fingerprint density at radius 2 is 1.95 bits per heavy atom. The molecule has 0 spiro atoms. The van der Waals surface area contributed by atoms with E-state index in [1.165, 1.54) is 57.1 Å². The van der Waals surface area contributed by atoms with Gasteiger partial charge in [-0.15, -0.1) is 0 Å². The Hall–Kier alpha value is -0.870. The molecule has 2 unspecified atom stereocenters. The van der Waals surface area contributed by atoms with Crippen molar-refractivity contribution in [3.8, 4) is 0 Å². The molecule has 1 saturated heterocycles. The standard InChI is InChI=1S/C17H30N4/c1-14-6-5-9-17(12-18)20(14)13-15-10-11-21(19-15)16-7-3-2-4-8-16/h10-11,14,16-17H,2-9,12-13,18H2,1H3. The van der Waals surface area contributed by atoms with Gasteiger partial charge in [0.2, 0.25) is 0 Å². The zero-order valence-corrected chi connectivity index (χ0v) is 13.4. The lowest BCUT2D eigenvalue weighted by molar-refractivity contribution is 0.0874. The first-order chi connectivity index (χ1) is 10.3. The van der Waals surface area contributed by atoms with Crippen LogP contribution in [-0.4, -0.2) is 33.3 Å². The smallest absolute Gasteiger partial charge is 0.0765 e. The van der Waals surface area contributed by atoms with Crippen LogP contribution in [0.1, 0.15) is 70.0 Å². The van der Waals surface area contributed by atoms with Crippen LogP contribution >= 0.6 is 0 Å². The Balaban J connectivity index is 1.65. The number of nitrogens with two attached hydrogens (primary N) is 1. The number of aromatic nitrogens is 2. The molecule has 21 heavy (non-hydrogen) atoms. The molecule has 0 aromatic carbocycles. The second-order valence-electron chi connectivity index (χ2n) is 6.92. The average molecular weight is 290 g/mol. The Labute approximate surface area is 128 Å². The SMILES string of the molecule is CC1CCCC(CN)N1Cc1ccn(C2CCCCC2)n1. The van der Waals surface area contributed by atoms with Crippen LogP contribution in [0.25, 0.3) is 0 Å². The maximum atomic E-state index is 5.96. The molecule has 2 heterocycles. The fourth-order valence-corrected chi connectivity index (χ4v) is 4.08. The van der Waals surface area contributed by atoms with E-state index in [0.29, 0.717) is 18.1 Å². The summed E-state index contributed by atoms with van der Waals surface area (Å²) in [5.74, 6) is 0. The summed E-state index contributed by atoms with van der Waals surface area (Å²) in [7, 11) is 0. The van der Waals surface area contributed by atoms with Gasteiger partial charge in [-0.2, -0.15) is 5.10 Å². The van der Waals surface area contributed by atoms with E-state index in [4.69, 9.17) is 10.8 Å². The summed E-state index contributed by atoms with van der Waals surface area (Å²) in [5, 5.41) is 4.87. The number of hydrogen-bond acceptors (Lipinski definition) is 3. The summed E-state index contributed by atoms with van der Waals surface area (Å²) < 4.78 is 2.22. The molecule has 118 valence electrons. The van der Waals surface area contributed by atoms with E-state index in [1.54, 1.807) is 0 Å². The monoisotopic (exact) mass is 290 g/mol. The van der Waals surface area contributed by atoms with Gasteiger partial charge >= 0.3 is 0 Å². The first kappa shape index (κ1) is 15.0. The van der Waals surface area contributed by atoms with Crippen LogP contribution in [0.4, 0.5) is 0 Å². The van der Waals surface area contributed by atoms with E-state index in [-0.39, 0.29) is 0 Å². The van der Waals surface area contributed by atoms with Crippen molar-refractivity contribution in [2.45, 2.75) is 83.0 Å². The van der Waals surface area contributed by atoms with Gasteiger partial charge in [0.25, 0.3) is 0 Å². The second-order valence-corrected chi connectivity index (χ2v) is 6.92. The number of likely N-dealkylation sites (tertiary alicyclic amines) is 1. The zero-order chi connectivity index (χ0) is 14.7. The maximum absolute atomic E-state index is 5.96. The molecule has 0 amide bonds. The predicted octanol–water partition coefficient (Wildman–Crippen LogP) is 3.09. The van der Waals surface area contributed by atoms with Crippen LogP contribution in [0.3, 0.4) is 0 Å². The second kappa shape index (κ2) is 6.93. The Kier molecular flexibility index (Phi) is 4.96. The molecule has 1 saturated carbocycles. The third kappa shape index (κ3) is 3.49. The molecule has 4 heteroatoms. The molecular weight excluding hydrogens is 260 g/mol. The van der Waals surface area contributed by atoms with Crippen molar-refractivity contribution < 1.29 is 0 Å². The summed E-state index contributed by atoms with van der Waals surface area (Å²) in [6.07, 6.45) is 12.8. The van der Waals surface area contributed by atoms with Crippen LogP contribution < -0.4 is 5.73 Å². The normalized spacial score (nSPS) is 28.9. The van der Waals surface area contributed by atoms with Crippen LogP contribution in [0.15, 0.2) is 12.3 Å². The molecule has 2 fully saturated rings. The van der Waals surface area contributed by atoms with Crippen molar-refractivity contribution in [2.24, 2.45) is 5.73 Å². The van der Waals surface area contributed by atoms with E-state index in [9.17, 15) is 0 Å². The quantitative estimate of drug-likeness (QED) is 0.927. The first-order valence-electron chi connectivity index (χ1n) is 8.78. The molecule has 1 aliphatic heterocycles. The van der Waals surface area contributed by atoms with Crippen LogP contribution in [-0.2, 0) is 6.54 Å². The van der Waals surface area contributed by atoms with E-state index < -0.39 is 0 Å². The third-order valence-corrected chi connectivity index (χ3v) is 5.42. The zero-order valence-electron chi connectivity index (χ0n) is 13.4. The molecule has 1 aromatic rings. The molecule has 1 aliphatic carbocycles. The van der Waals surface area contributed by atoms with Crippen molar-refractivity contribution >= 4 is 0 Å². The largest absolute Gasteiger partial charge is 0.329 e. The highest BCUT2D eigenvalue weighted by Gasteiger charge is 2.27. The summed E-state index contributed by atoms with van der Waals surface area (Å²) >= 11 is 0. The number of nitrogens with zero attached hydrogens (tertiary/aromatic N) is 3. The number of piperidine rings is 1. The van der Waals surface area contributed by atoms with Crippen LogP contribution in [0.2, 0.25) is 0 Å². The van der Waals surface area contributed by atoms with Crippen molar-refractivity contribution in [1.82, 2.24) is 14.7 Å². The molecule has 4 nitrogen and oxygen atoms in total. The van der Waals surface area contributed by atoms with Crippen molar-refractivity contribution in [3.05, 3.63) is 18.0 Å². The van der Waals surface area contributed by atoms with Crippen molar-refractivity contribution in [2.75, 3.05) is 6.54 Å². The Morgan fingerprint density at radius 3 is 2.71 bits per heavy atom. The third-order valence-electron chi connectivity index (χ3n) is 5.42. The van der Waals surface area contributed by atoms with E-state index >= 15 is 0 Å². The van der Waals surface area contributed by atoms with Crippen LogP contribution in [0.5, 0.6) is 0 Å². The Bertz CT molecular complexity index is 436. The molecule has 2 atom stereocenters. The molecule has 0 radical (unpaired) electrons. The molecular formula is C17H30N4. The minimum Gasteiger partial charge on any atom is -0.329 e. The van der Waals surface area contributed by atoms with E-state index in [1.807, 2.05) is 0 Å². The molecule has 0 bridgehead atoms. The number of rotatable bonds is 4. The van der Waals surface area contributed by atoms with Gasteiger partial charge in [0.1, 0.15) is 0 Å². The Morgan fingerprint density at radius 1 is 1.14 bits per heavy atom. The van der Waals surface area contributed by atoms with Gasteiger partial charge in [0.15, 0.2) is 0 Å². The summed E-state index contributed by atoms with van der Waals surface area (Å²) in [4.78, 5) is 2.57. The minimum atomic E-state index is 0.536. The van der Waals surface area contributed by atoms with Gasteiger partial charge in [-0.25, -0.2) is 0 Å². The molecule has 3 rings (SSSR count). The first-order valence-corrected chi connectivity index (χ1v) is 8.78. The van der Waals surface area contributed by atoms with Gasteiger partial charge in [0.05, 0.1) is 11.7 Å². The van der Waals surface area contributed by atoms with Gasteiger partial charge in [-0.3, -0.25) is 9.58 Å². The summed E-state index contributed by atoms with van der Waals surface area (Å²) in [6, 6.07) is 4.01. The molecule has 2 aliphatic rings. The lowest BCUT2D eigenvalue weighted by Crippen LogP contribution is -2.48. The van der Waals surface area contributed by atoms with Gasteiger partial charge in [-0.1, -0.05) is 25.7 Å². The topological polar surface area (TPSA) is 47.1 Å². The fourth-order valence-electron chi connectivity index (χ4n) is 4.08. The summed E-state index contributed by atoms with van der Waals surface area (Å²) in [5.41, 5.74) is 7.18. The molecule has 1 aromatic heterocycles. The van der Waals surface area contributed by atoms with Gasteiger partial charge < -0.3 is 5.73 Å². The summed E-state index contributed by atoms with van der Waals surface area (Å²) in [6.45, 7) is 4.07. The molecule has 2 N–H and O–H groups in total. The lowest BCUT2D eigenvalue weighted by Gasteiger charge is -2.39.